The average Bonchev–Trinajstić information content (AvgIpc) is 3.20. The van der Waals surface area contributed by atoms with Gasteiger partial charge in [-0.15, -0.1) is 0 Å². The van der Waals surface area contributed by atoms with Gasteiger partial charge in [-0.2, -0.15) is 10.2 Å². The number of fused-ring (bicyclic) bond motifs is 1. The van der Waals surface area contributed by atoms with Gasteiger partial charge in [-0.05, 0) is 25.5 Å². The Kier molecular flexibility index (Phi) is 7.79. The summed E-state index contributed by atoms with van der Waals surface area (Å²) in [5, 5.41) is 14.3. The van der Waals surface area contributed by atoms with E-state index in [1.54, 1.807) is 35.2 Å². The Hall–Kier alpha value is -3.99. The first-order valence-electron chi connectivity index (χ1n) is 11.7. The van der Waals surface area contributed by atoms with Crippen LogP contribution in [0.15, 0.2) is 40.6 Å². The van der Waals surface area contributed by atoms with Gasteiger partial charge in [-0.25, -0.2) is 0 Å². The minimum absolute atomic E-state index is 0.123. The van der Waals surface area contributed by atoms with Crippen LogP contribution in [0.5, 0.6) is 17.2 Å². The third kappa shape index (κ3) is 5.30. The third-order valence-electron chi connectivity index (χ3n) is 6.07. The lowest BCUT2D eigenvalue weighted by molar-refractivity contribution is -0.136. The van der Waals surface area contributed by atoms with Crippen molar-refractivity contribution in [2.75, 3.05) is 34.0 Å². The molecule has 0 spiro atoms. The number of benzene rings is 2. The number of nitrogens with zero attached hydrogens (tertiary/aromatic N) is 3. The minimum Gasteiger partial charge on any atom is -0.493 e. The second-order valence-corrected chi connectivity index (χ2v) is 8.38. The van der Waals surface area contributed by atoms with Crippen molar-refractivity contribution in [1.82, 2.24) is 15.5 Å². The minimum atomic E-state index is -0.296. The molecule has 2 aromatic carbocycles. The molecule has 2 aliphatic rings. The first-order valence-corrected chi connectivity index (χ1v) is 11.7. The van der Waals surface area contributed by atoms with Crippen LogP contribution in [0.4, 0.5) is 11.4 Å². The van der Waals surface area contributed by atoms with Gasteiger partial charge in [0.15, 0.2) is 11.5 Å². The Morgan fingerprint density at radius 3 is 2.53 bits per heavy atom. The molecule has 11 nitrogen and oxygen atoms in total. The van der Waals surface area contributed by atoms with E-state index in [0.717, 1.165) is 5.56 Å². The monoisotopic (exact) mass is 495 g/mol. The van der Waals surface area contributed by atoms with E-state index in [-0.39, 0.29) is 30.3 Å². The molecule has 2 aromatic rings. The summed E-state index contributed by atoms with van der Waals surface area (Å²) in [7, 11) is 3.08. The zero-order chi connectivity index (χ0) is 25.7. The predicted molar refractivity (Wildman–Crippen MR) is 130 cm³/mol. The first kappa shape index (κ1) is 25.1. The van der Waals surface area contributed by atoms with E-state index >= 15 is 0 Å². The standard InChI is InChI=1S/C25H29N5O6/c1-4-36-23-20(34-2)10-16(11-21(23)35-3)28-29-19-7-5-6-17-18(19)13-30(25(17)33)14-26-12-15-8-9-22(31)27-24(15)32/h5-7,10-11,15,26H,4,8-9,12-14H2,1-3H3,(H,27,31,32). The molecule has 1 atom stereocenters. The van der Waals surface area contributed by atoms with Gasteiger partial charge in [-0.1, -0.05) is 6.07 Å². The van der Waals surface area contributed by atoms with Gasteiger partial charge >= 0.3 is 0 Å². The fourth-order valence-corrected chi connectivity index (χ4v) is 4.22. The predicted octanol–water partition coefficient (Wildman–Crippen LogP) is 3.07. The molecule has 0 bridgehead atoms. The highest BCUT2D eigenvalue weighted by atomic mass is 16.5. The largest absolute Gasteiger partial charge is 0.493 e. The van der Waals surface area contributed by atoms with Gasteiger partial charge in [0, 0.05) is 36.2 Å². The molecule has 2 heterocycles. The van der Waals surface area contributed by atoms with Crippen LogP contribution in [0.2, 0.25) is 0 Å². The molecule has 2 N–H and O–H groups in total. The first-order chi connectivity index (χ1) is 17.4. The number of nitrogens with one attached hydrogen (secondary N) is 2. The van der Waals surface area contributed by atoms with Gasteiger partial charge in [0.1, 0.15) is 0 Å². The maximum atomic E-state index is 12.9. The number of ether oxygens (including phenoxy) is 3. The summed E-state index contributed by atoms with van der Waals surface area (Å²) in [4.78, 5) is 37.8. The molecule has 1 saturated heterocycles. The van der Waals surface area contributed by atoms with Crippen LogP contribution in [0.3, 0.4) is 0 Å². The lowest BCUT2D eigenvalue weighted by atomic mass is 9.98. The molecule has 1 fully saturated rings. The molecule has 0 aromatic heterocycles. The van der Waals surface area contributed by atoms with E-state index in [9.17, 15) is 14.4 Å². The van der Waals surface area contributed by atoms with Crippen LogP contribution in [0.1, 0.15) is 35.7 Å². The van der Waals surface area contributed by atoms with E-state index in [1.807, 2.05) is 6.92 Å². The van der Waals surface area contributed by atoms with E-state index in [4.69, 9.17) is 14.2 Å². The summed E-state index contributed by atoms with van der Waals surface area (Å²) >= 11 is 0. The molecular weight excluding hydrogens is 466 g/mol. The quantitative estimate of drug-likeness (QED) is 0.383. The van der Waals surface area contributed by atoms with Crippen molar-refractivity contribution >= 4 is 29.1 Å². The molecule has 3 amide bonds. The van der Waals surface area contributed by atoms with Gasteiger partial charge in [0.05, 0.1) is 51.3 Å². The van der Waals surface area contributed by atoms with Crippen LogP contribution >= 0.6 is 0 Å². The fraction of sp³-hybridized carbons (Fsp3) is 0.400. The smallest absolute Gasteiger partial charge is 0.255 e. The molecule has 11 heteroatoms. The summed E-state index contributed by atoms with van der Waals surface area (Å²) < 4.78 is 16.5. The highest BCUT2D eigenvalue weighted by Gasteiger charge is 2.30. The maximum absolute atomic E-state index is 12.9. The molecule has 2 aliphatic heterocycles. The molecular formula is C25H29N5O6. The normalized spacial score (nSPS) is 17.4. The lowest BCUT2D eigenvalue weighted by Crippen LogP contribution is -2.46. The topological polar surface area (TPSA) is 131 Å². The number of amides is 3. The van der Waals surface area contributed by atoms with Crippen molar-refractivity contribution < 1.29 is 28.6 Å². The number of hydrogen-bond acceptors (Lipinski definition) is 9. The third-order valence-corrected chi connectivity index (χ3v) is 6.07. The zero-order valence-corrected chi connectivity index (χ0v) is 20.5. The summed E-state index contributed by atoms with van der Waals surface area (Å²) in [6, 6.07) is 8.75. The summed E-state index contributed by atoms with van der Waals surface area (Å²) in [5.74, 6) is 0.509. The van der Waals surface area contributed by atoms with Crippen molar-refractivity contribution in [3.8, 4) is 17.2 Å². The molecule has 4 rings (SSSR count). The highest BCUT2D eigenvalue weighted by Crippen LogP contribution is 2.42. The van der Waals surface area contributed by atoms with E-state index in [2.05, 4.69) is 20.9 Å². The van der Waals surface area contributed by atoms with E-state index < -0.39 is 0 Å². The van der Waals surface area contributed by atoms with E-state index in [1.165, 1.54) is 14.2 Å². The second kappa shape index (κ2) is 11.2. The van der Waals surface area contributed by atoms with Crippen molar-refractivity contribution in [3.05, 3.63) is 41.5 Å². The van der Waals surface area contributed by atoms with Crippen LogP contribution in [-0.4, -0.2) is 56.7 Å². The van der Waals surface area contributed by atoms with Crippen molar-refractivity contribution in [2.45, 2.75) is 26.3 Å². The number of rotatable bonds is 10. The number of hydrogen-bond donors (Lipinski definition) is 2. The van der Waals surface area contributed by atoms with Crippen molar-refractivity contribution in [2.24, 2.45) is 16.1 Å². The van der Waals surface area contributed by atoms with Crippen LogP contribution in [-0.2, 0) is 16.1 Å². The van der Waals surface area contributed by atoms with Gasteiger partial charge in [-0.3, -0.25) is 25.0 Å². The lowest BCUT2D eigenvalue weighted by Gasteiger charge is -2.23. The van der Waals surface area contributed by atoms with Crippen molar-refractivity contribution in [3.63, 3.8) is 0 Å². The molecule has 0 aliphatic carbocycles. The summed E-state index contributed by atoms with van der Waals surface area (Å²) in [6.07, 6.45) is 0.824. The Morgan fingerprint density at radius 2 is 1.86 bits per heavy atom. The van der Waals surface area contributed by atoms with Gasteiger partial charge < -0.3 is 19.1 Å². The van der Waals surface area contributed by atoms with Crippen LogP contribution in [0, 0.1) is 5.92 Å². The second-order valence-electron chi connectivity index (χ2n) is 8.38. The molecule has 1 unspecified atom stereocenters. The molecule has 36 heavy (non-hydrogen) atoms. The highest BCUT2D eigenvalue weighted by molar-refractivity contribution is 6.00. The Labute approximate surface area is 208 Å². The number of azo groups is 1. The summed E-state index contributed by atoms with van der Waals surface area (Å²) in [5.41, 5.74) is 2.44. The average molecular weight is 496 g/mol. The van der Waals surface area contributed by atoms with Gasteiger partial charge in [0.25, 0.3) is 5.91 Å². The molecule has 0 radical (unpaired) electrons. The number of methoxy groups -OCH3 is 2. The number of carbonyl (C=O) groups excluding carboxylic acids is 3. The Morgan fingerprint density at radius 1 is 1.11 bits per heavy atom. The summed E-state index contributed by atoms with van der Waals surface area (Å²) in [6.45, 7) is 3.35. The van der Waals surface area contributed by atoms with Crippen molar-refractivity contribution in [1.29, 1.82) is 0 Å². The molecule has 190 valence electrons. The number of imide groups is 1. The Bertz CT molecular complexity index is 1170. The molecule has 0 saturated carbocycles. The SMILES string of the molecule is CCOc1c(OC)cc(N=Nc2cccc3c2CN(CNCC2CCC(=O)NC2=O)C3=O)cc1OC. The van der Waals surface area contributed by atoms with E-state index in [0.29, 0.717) is 66.7 Å². The number of carbonyl (C=O) groups is 3. The van der Waals surface area contributed by atoms with Gasteiger partial charge in [0.2, 0.25) is 17.6 Å². The van der Waals surface area contributed by atoms with Crippen LogP contribution in [0.25, 0.3) is 0 Å². The fourth-order valence-electron chi connectivity index (χ4n) is 4.22. The Balaban J connectivity index is 1.45. The number of piperidine rings is 1. The van der Waals surface area contributed by atoms with Crippen LogP contribution < -0.4 is 24.8 Å². The maximum Gasteiger partial charge on any atom is 0.255 e. The zero-order valence-electron chi connectivity index (χ0n) is 20.5.